The molecule has 3 aliphatic rings. The van der Waals surface area contributed by atoms with Gasteiger partial charge in [-0.25, -0.2) is 15.0 Å². The Kier molecular flexibility index (Phi) is 9.70. The van der Waals surface area contributed by atoms with Crippen LogP contribution in [0.3, 0.4) is 0 Å². The first-order chi connectivity index (χ1) is 21.9. The summed E-state index contributed by atoms with van der Waals surface area (Å²) in [5.41, 5.74) is 3.31. The quantitative estimate of drug-likeness (QED) is 0.310. The summed E-state index contributed by atoms with van der Waals surface area (Å²) in [6, 6.07) is 14.1. The van der Waals surface area contributed by atoms with E-state index in [4.69, 9.17) is 21.2 Å². The zero-order chi connectivity index (χ0) is 31.3. The SMILES string of the molecule is C=CC(=O)Nc1cc(Nc2cc(N3OCCC3c3cccc(Cl)c3)ncn2)c(OC)cc1N1CCC(N2CCN(C)CC2)CC1. The highest BCUT2D eigenvalue weighted by Crippen LogP contribution is 2.40. The maximum atomic E-state index is 12.5. The lowest BCUT2D eigenvalue weighted by molar-refractivity contribution is -0.111. The topological polar surface area (TPSA) is 98.3 Å². The van der Waals surface area contributed by atoms with Gasteiger partial charge in [0.15, 0.2) is 5.82 Å². The molecule has 0 bridgehead atoms. The third kappa shape index (κ3) is 7.17. The third-order valence-corrected chi connectivity index (χ3v) is 9.13. The van der Waals surface area contributed by atoms with Gasteiger partial charge in [0.05, 0.1) is 36.8 Å². The van der Waals surface area contributed by atoms with Gasteiger partial charge in [-0.2, -0.15) is 0 Å². The summed E-state index contributed by atoms with van der Waals surface area (Å²) in [6.45, 7) is 10.5. The second kappa shape index (κ2) is 14.0. The van der Waals surface area contributed by atoms with Crippen LogP contribution in [0.4, 0.5) is 28.7 Å². The zero-order valence-corrected chi connectivity index (χ0v) is 26.7. The van der Waals surface area contributed by atoms with Crippen molar-refractivity contribution in [2.24, 2.45) is 0 Å². The van der Waals surface area contributed by atoms with Crippen molar-refractivity contribution >= 4 is 46.2 Å². The van der Waals surface area contributed by atoms with Gasteiger partial charge in [-0.05, 0) is 49.7 Å². The fourth-order valence-electron chi connectivity index (χ4n) is 6.43. The number of benzene rings is 2. The van der Waals surface area contributed by atoms with Crippen molar-refractivity contribution in [2.45, 2.75) is 31.3 Å². The average Bonchev–Trinajstić information content (AvgIpc) is 3.56. The molecule has 0 saturated carbocycles. The molecule has 12 heteroatoms. The number of ether oxygens (including phenoxy) is 1. The lowest BCUT2D eigenvalue weighted by Crippen LogP contribution is -2.52. The number of hydrogen-bond acceptors (Lipinski definition) is 10. The molecule has 6 rings (SSSR count). The van der Waals surface area contributed by atoms with Crippen LogP contribution < -0.4 is 25.3 Å². The third-order valence-electron chi connectivity index (χ3n) is 8.90. The number of hydroxylamine groups is 1. The molecule has 2 N–H and O–H groups in total. The van der Waals surface area contributed by atoms with E-state index in [1.54, 1.807) is 12.2 Å². The number of anilines is 5. The number of piperidine rings is 1. The number of piperazine rings is 1. The van der Waals surface area contributed by atoms with Crippen LogP contribution in [-0.4, -0.2) is 91.7 Å². The predicted octanol–water partition coefficient (Wildman–Crippen LogP) is 5.11. The minimum Gasteiger partial charge on any atom is -0.494 e. The molecule has 1 atom stereocenters. The van der Waals surface area contributed by atoms with Gasteiger partial charge in [-0.15, -0.1) is 0 Å². The maximum absolute atomic E-state index is 12.5. The Balaban J connectivity index is 1.22. The normalized spacial score (nSPS) is 19.8. The standard InChI is InChI=1S/C33H41ClN8O3/c1-4-33(43)38-26-19-27(30(44-3)20-29(26)41-11-8-25(9-12-41)40-15-13-39(2)14-16-40)37-31-21-32(36-22-35-31)42-28(10-17-45-42)23-6-5-7-24(34)18-23/h4-7,18-22,25,28H,1,8-17H2,2-3H3,(H,38,43)(H,35,36,37). The van der Waals surface area contributed by atoms with Gasteiger partial charge in [0.25, 0.3) is 0 Å². The molecule has 1 aromatic heterocycles. The van der Waals surface area contributed by atoms with Crippen LogP contribution in [0.25, 0.3) is 0 Å². The molecule has 11 nitrogen and oxygen atoms in total. The smallest absolute Gasteiger partial charge is 0.247 e. The number of carbonyl (C=O) groups is 1. The summed E-state index contributed by atoms with van der Waals surface area (Å²) in [5.74, 6) is 1.54. The van der Waals surface area contributed by atoms with Crippen molar-refractivity contribution in [3.63, 3.8) is 0 Å². The molecule has 1 amide bonds. The van der Waals surface area contributed by atoms with Crippen molar-refractivity contribution < 1.29 is 14.4 Å². The molecule has 0 spiro atoms. The molecule has 3 aliphatic heterocycles. The van der Waals surface area contributed by atoms with Crippen molar-refractivity contribution in [2.75, 3.05) is 80.6 Å². The zero-order valence-electron chi connectivity index (χ0n) is 25.9. The van der Waals surface area contributed by atoms with Crippen molar-refractivity contribution in [3.05, 3.63) is 72.0 Å². The van der Waals surface area contributed by atoms with E-state index < -0.39 is 0 Å². The summed E-state index contributed by atoms with van der Waals surface area (Å²) in [7, 11) is 3.83. The van der Waals surface area contributed by atoms with Gasteiger partial charge >= 0.3 is 0 Å². The van der Waals surface area contributed by atoms with Crippen LogP contribution in [0.1, 0.15) is 30.9 Å². The summed E-state index contributed by atoms with van der Waals surface area (Å²) in [4.78, 5) is 34.8. The number of rotatable bonds is 9. The second-order valence-electron chi connectivity index (χ2n) is 11.7. The first-order valence-corrected chi connectivity index (χ1v) is 15.9. The minimum absolute atomic E-state index is 0.0265. The molecule has 3 aromatic rings. The largest absolute Gasteiger partial charge is 0.494 e. The molecule has 3 saturated heterocycles. The van der Waals surface area contributed by atoms with E-state index in [0.29, 0.717) is 46.4 Å². The number of halogens is 1. The Morgan fingerprint density at radius 1 is 1.04 bits per heavy atom. The number of nitrogens with one attached hydrogen (secondary N) is 2. The van der Waals surface area contributed by atoms with Gasteiger partial charge in [0.2, 0.25) is 5.91 Å². The van der Waals surface area contributed by atoms with Crippen LogP contribution in [0, 0.1) is 0 Å². The molecule has 0 radical (unpaired) electrons. The number of amides is 1. The first-order valence-electron chi connectivity index (χ1n) is 15.5. The van der Waals surface area contributed by atoms with E-state index in [1.165, 1.54) is 12.4 Å². The van der Waals surface area contributed by atoms with Gasteiger partial charge in [0, 0.05) is 68.9 Å². The van der Waals surface area contributed by atoms with Crippen molar-refractivity contribution in [3.8, 4) is 5.75 Å². The van der Waals surface area contributed by atoms with E-state index in [0.717, 1.165) is 69.8 Å². The number of hydrogen-bond donors (Lipinski definition) is 2. The molecule has 45 heavy (non-hydrogen) atoms. The number of nitrogens with zero attached hydrogens (tertiary/aromatic N) is 6. The average molecular weight is 633 g/mol. The minimum atomic E-state index is -0.276. The molecule has 238 valence electrons. The molecule has 4 heterocycles. The van der Waals surface area contributed by atoms with Crippen LogP contribution in [0.5, 0.6) is 5.75 Å². The Hall–Kier alpha value is -3.90. The van der Waals surface area contributed by atoms with Crippen LogP contribution in [0.15, 0.2) is 61.4 Å². The van der Waals surface area contributed by atoms with Crippen LogP contribution in [0.2, 0.25) is 5.02 Å². The number of carbonyl (C=O) groups excluding carboxylic acids is 1. The van der Waals surface area contributed by atoms with Crippen molar-refractivity contribution in [1.29, 1.82) is 0 Å². The monoisotopic (exact) mass is 632 g/mol. The first kappa shape index (κ1) is 31.1. The van der Waals surface area contributed by atoms with Gasteiger partial charge < -0.3 is 25.2 Å². The highest BCUT2D eigenvalue weighted by molar-refractivity contribution is 6.30. The molecule has 0 aliphatic carbocycles. The molecule has 2 aromatic carbocycles. The highest BCUT2D eigenvalue weighted by atomic mass is 35.5. The number of likely N-dealkylation sites (N-methyl/N-ethyl adjacent to an activating group) is 1. The fraction of sp³-hybridized carbons (Fsp3) is 0.424. The lowest BCUT2D eigenvalue weighted by Gasteiger charge is -2.43. The second-order valence-corrected chi connectivity index (χ2v) is 12.2. The van der Waals surface area contributed by atoms with Gasteiger partial charge in [0.1, 0.15) is 17.9 Å². The van der Waals surface area contributed by atoms with Crippen LogP contribution >= 0.6 is 11.6 Å². The Morgan fingerprint density at radius 2 is 1.84 bits per heavy atom. The van der Waals surface area contributed by atoms with Gasteiger partial charge in [-0.1, -0.05) is 30.3 Å². The molecular formula is C33H41ClN8O3. The van der Waals surface area contributed by atoms with Gasteiger partial charge in [-0.3, -0.25) is 14.5 Å². The maximum Gasteiger partial charge on any atom is 0.247 e. The summed E-state index contributed by atoms with van der Waals surface area (Å²) >= 11 is 6.27. The molecular weight excluding hydrogens is 592 g/mol. The number of methoxy groups -OCH3 is 1. The van der Waals surface area contributed by atoms with E-state index in [-0.39, 0.29) is 11.9 Å². The lowest BCUT2D eigenvalue weighted by atomic mass is 10.0. The highest BCUT2D eigenvalue weighted by Gasteiger charge is 2.30. The van der Waals surface area contributed by atoms with E-state index >= 15 is 0 Å². The summed E-state index contributed by atoms with van der Waals surface area (Å²) < 4.78 is 5.85. The van der Waals surface area contributed by atoms with E-state index in [2.05, 4.69) is 48.9 Å². The van der Waals surface area contributed by atoms with E-state index in [1.807, 2.05) is 42.5 Å². The Bertz CT molecular complexity index is 1510. The Labute approximate surface area is 269 Å². The summed E-state index contributed by atoms with van der Waals surface area (Å²) in [5, 5.41) is 8.88. The van der Waals surface area contributed by atoms with Crippen molar-refractivity contribution in [1.82, 2.24) is 19.8 Å². The fourth-order valence-corrected chi connectivity index (χ4v) is 6.62. The predicted molar refractivity (Wildman–Crippen MR) is 179 cm³/mol. The summed E-state index contributed by atoms with van der Waals surface area (Å²) in [6.07, 6.45) is 5.73. The Morgan fingerprint density at radius 3 is 2.58 bits per heavy atom. The van der Waals surface area contributed by atoms with Crippen LogP contribution in [-0.2, 0) is 9.63 Å². The number of aromatic nitrogens is 2. The molecule has 1 unspecified atom stereocenters. The molecule has 3 fully saturated rings. The van der Waals surface area contributed by atoms with E-state index in [9.17, 15) is 4.79 Å².